The lowest BCUT2D eigenvalue weighted by atomic mass is 10.2. The van der Waals surface area contributed by atoms with Gasteiger partial charge in [0.2, 0.25) is 0 Å². The van der Waals surface area contributed by atoms with E-state index in [1.54, 1.807) is 12.1 Å². The molecule has 1 aromatic rings. The summed E-state index contributed by atoms with van der Waals surface area (Å²) in [5, 5.41) is 0. The first-order valence-corrected chi connectivity index (χ1v) is 4.11. The molecular weight excluding hydrogens is 198 g/mol. The number of benzene rings is 1. The third-order valence-electron chi connectivity index (χ3n) is 1.15. The lowest BCUT2D eigenvalue weighted by Crippen LogP contribution is -1.80. The molecule has 0 aromatic heterocycles. The summed E-state index contributed by atoms with van der Waals surface area (Å²) in [5.41, 5.74) is 0.571. The fraction of sp³-hybridized carbons (Fsp3) is 0.111. The summed E-state index contributed by atoms with van der Waals surface area (Å²) in [6.07, 6.45) is 0. The molecule has 0 atom stereocenters. The van der Waals surface area contributed by atoms with Gasteiger partial charge in [-0.05, 0) is 18.2 Å². The molecule has 0 nitrogen and oxygen atoms in total. The van der Waals surface area contributed by atoms with Crippen LogP contribution in [0.3, 0.4) is 0 Å². The molecule has 1 aromatic carbocycles. The SMILES string of the molecule is Fc1cccc(C#CC(Cl)Cl)c1. The average molecular weight is 203 g/mol. The summed E-state index contributed by atoms with van der Waals surface area (Å²) in [5.74, 6) is 4.82. The Morgan fingerprint density at radius 3 is 2.67 bits per heavy atom. The summed E-state index contributed by atoms with van der Waals surface area (Å²) >= 11 is 10.7. The highest BCUT2D eigenvalue weighted by molar-refractivity contribution is 6.46. The van der Waals surface area contributed by atoms with Crippen molar-refractivity contribution in [2.24, 2.45) is 0 Å². The van der Waals surface area contributed by atoms with Crippen LogP contribution in [-0.2, 0) is 0 Å². The molecule has 0 aliphatic heterocycles. The van der Waals surface area contributed by atoms with Crippen molar-refractivity contribution < 1.29 is 4.39 Å². The van der Waals surface area contributed by atoms with Crippen LogP contribution in [0.1, 0.15) is 5.56 Å². The third kappa shape index (κ3) is 3.13. The topological polar surface area (TPSA) is 0 Å². The van der Waals surface area contributed by atoms with Crippen LogP contribution in [0.2, 0.25) is 0 Å². The molecule has 0 N–H and O–H groups in total. The van der Waals surface area contributed by atoms with Crippen molar-refractivity contribution in [1.29, 1.82) is 0 Å². The van der Waals surface area contributed by atoms with Gasteiger partial charge in [-0.2, -0.15) is 0 Å². The van der Waals surface area contributed by atoms with Gasteiger partial charge in [-0.3, -0.25) is 0 Å². The van der Waals surface area contributed by atoms with Gasteiger partial charge in [0.25, 0.3) is 0 Å². The van der Waals surface area contributed by atoms with Crippen LogP contribution in [0.15, 0.2) is 24.3 Å². The van der Waals surface area contributed by atoms with Crippen molar-refractivity contribution in [3.8, 4) is 11.8 Å². The van der Waals surface area contributed by atoms with Gasteiger partial charge < -0.3 is 0 Å². The number of hydrogen-bond acceptors (Lipinski definition) is 0. The van der Waals surface area contributed by atoms with E-state index in [2.05, 4.69) is 11.8 Å². The Morgan fingerprint density at radius 2 is 2.08 bits per heavy atom. The fourth-order valence-corrected chi connectivity index (χ4v) is 0.813. The molecule has 3 heteroatoms. The van der Waals surface area contributed by atoms with Gasteiger partial charge in [0, 0.05) is 5.56 Å². The summed E-state index contributed by atoms with van der Waals surface area (Å²) in [7, 11) is 0. The first-order chi connectivity index (χ1) is 5.68. The number of rotatable bonds is 0. The van der Waals surface area contributed by atoms with E-state index in [1.807, 2.05) is 0 Å². The van der Waals surface area contributed by atoms with E-state index < -0.39 is 4.84 Å². The normalized spacial score (nSPS) is 9.33. The van der Waals surface area contributed by atoms with Crippen LogP contribution < -0.4 is 0 Å². The van der Waals surface area contributed by atoms with Gasteiger partial charge >= 0.3 is 0 Å². The molecule has 62 valence electrons. The van der Waals surface area contributed by atoms with E-state index in [0.717, 1.165) is 0 Å². The maximum atomic E-state index is 12.6. The molecular formula is C9H5Cl2F. The van der Waals surface area contributed by atoms with Crippen molar-refractivity contribution in [2.45, 2.75) is 4.84 Å². The zero-order valence-electron chi connectivity index (χ0n) is 6.02. The van der Waals surface area contributed by atoms with Gasteiger partial charge in [-0.25, -0.2) is 4.39 Å². The molecule has 0 saturated heterocycles. The molecule has 0 aliphatic rings. The Balaban J connectivity index is 2.85. The molecule has 12 heavy (non-hydrogen) atoms. The Morgan fingerprint density at radius 1 is 1.33 bits per heavy atom. The molecule has 0 bridgehead atoms. The second kappa shape index (κ2) is 4.35. The maximum Gasteiger partial charge on any atom is 0.168 e. The second-order valence-electron chi connectivity index (χ2n) is 2.08. The van der Waals surface area contributed by atoms with Crippen molar-refractivity contribution in [3.05, 3.63) is 35.6 Å². The first kappa shape index (κ1) is 9.38. The molecule has 0 radical (unpaired) electrons. The molecule has 0 aliphatic carbocycles. The van der Waals surface area contributed by atoms with Crippen molar-refractivity contribution >= 4 is 23.2 Å². The highest BCUT2D eigenvalue weighted by Crippen LogP contribution is 2.03. The summed E-state index contributed by atoms with van der Waals surface area (Å²) in [6.45, 7) is 0. The molecule has 0 spiro atoms. The van der Waals surface area contributed by atoms with E-state index in [9.17, 15) is 4.39 Å². The summed E-state index contributed by atoms with van der Waals surface area (Å²) in [6, 6.07) is 5.94. The van der Waals surface area contributed by atoms with Crippen LogP contribution in [-0.4, -0.2) is 4.84 Å². The molecule has 1 rings (SSSR count). The fourth-order valence-electron chi connectivity index (χ4n) is 0.704. The highest BCUT2D eigenvalue weighted by Gasteiger charge is 1.91. The largest absolute Gasteiger partial charge is 0.207 e. The van der Waals surface area contributed by atoms with Crippen LogP contribution >= 0.6 is 23.2 Å². The van der Waals surface area contributed by atoms with Crippen LogP contribution in [0.25, 0.3) is 0 Å². The summed E-state index contributed by atoms with van der Waals surface area (Å²) < 4.78 is 12.6. The minimum Gasteiger partial charge on any atom is -0.207 e. The van der Waals surface area contributed by atoms with Gasteiger partial charge in [-0.15, -0.1) is 0 Å². The predicted octanol–water partition coefficient (Wildman–Crippen LogP) is 2.98. The lowest BCUT2D eigenvalue weighted by molar-refractivity contribution is 0.627. The zero-order valence-corrected chi connectivity index (χ0v) is 7.53. The molecule has 0 amide bonds. The van der Waals surface area contributed by atoms with Gasteiger partial charge in [0.15, 0.2) is 4.84 Å². The van der Waals surface area contributed by atoms with E-state index in [0.29, 0.717) is 5.56 Å². The monoisotopic (exact) mass is 202 g/mol. The average Bonchev–Trinajstić information content (AvgIpc) is 2.01. The molecule has 0 unspecified atom stereocenters. The quantitative estimate of drug-likeness (QED) is 0.449. The molecule has 0 fully saturated rings. The second-order valence-corrected chi connectivity index (χ2v) is 3.18. The number of halogens is 3. The molecule has 0 heterocycles. The van der Waals surface area contributed by atoms with E-state index in [4.69, 9.17) is 23.2 Å². The van der Waals surface area contributed by atoms with Gasteiger partial charge in [0.1, 0.15) is 5.82 Å². The van der Waals surface area contributed by atoms with Crippen molar-refractivity contribution in [3.63, 3.8) is 0 Å². The maximum absolute atomic E-state index is 12.6. The number of alkyl halides is 2. The standard InChI is InChI=1S/C9H5Cl2F/c10-9(11)5-4-7-2-1-3-8(12)6-7/h1-3,6,9H. The minimum absolute atomic E-state index is 0.317. The Labute approximate surface area is 80.3 Å². The van der Waals surface area contributed by atoms with Crippen molar-refractivity contribution in [1.82, 2.24) is 0 Å². The van der Waals surface area contributed by atoms with Gasteiger partial charge in [0.05, 0.1) is 0 Å². The number of hydrogen-bond donors (Lipinski definition) is 0. The smallest absolute Gasteiger partial charge is 0.168 e. The van der Waals surface area contributed by atoms with Gasteiger partial charge in [-0.1, -0.05) is 41.1 Å². The van der Waals surface area contributed by atoms with E-state index >= 15 is 0 Å². The third-order valence-corrected chi connectivity index (χ3v) is 1.37. The van der Waals surface area contributed by atoms with Crippen LogP contribution in [0.4, 0.5) is 4.39 Å². The Kier molecular flexibility index (Phi) is 3.40. The van der Waals surface area contributed by atoms with Crippen LogP contribution in [0, 0.1) is 17.7 Å². The van der Waals surface area contributed by atoms with Crippen LogP contribution in [0.5, 0.6) is 0 Å². The van der Waals surface area contributed by atoms with E-state index in [-0.39, 0.29) is 5.82 Å². The minimum atomic E-state index is -0.728. The molecule has 0 saturated carbocycles. The Bertz CT molecular complexity index is 323. The van der Waals surface area contributed by atoms with E-state index in [1.165, 1.54) is 12.1 Å². The highest BCUT2D eigenvalue weighted by atomic mass is 35.5. The summed E-state index contributed by atoms with van der Waals surface area (Å²) in [4.78, 5) is -0.728. The van der Waals surface area contributed by atoms with Crippen molar-refractivity contribution in [2.75, 3.05) is 0 Å². The Hall–Kier alpha value is -0.710. The zero-order chi connectivity index (χ0) is 8.97. The predicted molar refractivity (Wildman–Crippen MR) is 48.8 cm³/mol. The first-order valence-electron chi connectivity index (χ1n) is 3.24. The lowest BCUT2D eigenvalue weighted by Gasteiger charge is -1.89.